The molecule has 12 heavy (non-hydrogen) atoms. The molecule has 0 fully saturated rings. The Morgan fingerprint density at radius 2 is 2.58 bits per heavy atom. The normalized spacial score (nSPS) is 10.1. The van der Waals surface area contributed by atoms with Gasteiger partial charge >= 0.3 is 0 Å². The maximum absolute atomic E-state index is 10.6. The third-order valence-electron chi connectivity index (χ3n) is 1.31. The number of carbonyl (C=O) groups is 1. The summed E-state index contributed by atoms with van der Waals surface area (Å²) in [5.41, 5.74) is 0. The van der Waals surface area contributed by atoms with E-state index in [-0.39, 0.29) is 5.78 Å². The van der Waals surface area contributed by atoms with E-state index in [4.69, 9.17) is 0 Å². The topological polar surface area (TPSA) is 30.0 Å². The number of hydrogen-bond donors (Lipinski definition) is 0. The average molecular weight is 201 g/mol. The minimum atomic E-state index is 0.273. The molecule has 1 heterocycles. The van der Waals surface area contributed by atoms with E-state index < -0.39 is 0 Å². The summed E-state index contributed by atoms with van der Waals surface area (Å²) in [6, 6.07) is 0. The monoisotopic (exact) mass is 201 g/mol. The van der Waals surface area contributed by atoms with Gasteiger partial charge in [-0.15, -0.1) is 11.3 Å². The van der Waals surface area contributed by atoms with Crippen molar-refractivity contribution in [1.82, 2.24) is 4.98 Å². The van der Waals surface area contributed by atoms with Gasteiger partial charge in [0.15, 0.2) is 0 Å². The number of Topliss-reactive ketones (excluding diaryl/α,β-unsaturated/α-hetero) is 1. The van der Waals surface area contributed by atoms with Crippen molar-refractivity contribution in [2.45, 2.75) is 24.1 Å². The van der Waals surface area contributed by atoms with Crippen LogP contribution in [0.4, 0.5) is 0 Å². The molecule has 0 bridgehead atoms. The van der Waals surface area contributed by atoms with E-state index in [9.17, 15) is 4.79 Å². The molecule has 1 rings (SSSR count). The molecule has 0 radical (unpaired) electrons. The van der Waals surface area contributed by atoms with Crippen molar-refractivity contribution in [3.05, 3.63) is 11.6 Å². The summed E-state index contributed by atoms with van der Waals surface area (Å²) in [5.74, 6) is 1.27. The summed E-state index contributed by atoms with van der Waals surface area (Å²) in [6.07, 6.45) is 3.45. The van der Waals surface area contributed by atoms with E-state index in [2.05, 4.69) is 4.98 Å². The fourth-order valence-corrected chi connectivity index (χ4v) is 2.41. The molecule has 0 unspecified atom stereocenters. The van der Waals surface area contributed by atoms with Gasteiger partial charge in [-0.05, 0) is 13.3 Å². The Hall–Kier alpha value is -0.350. The Kier molecular flexibility index (Phi) is 4.32. The molecule has 0 aliphatic carbocycles. The summed E-state index contributed by atoms with van der Waals surface area (Å²) in [5, 5.41) is 1.97. The molecular weight excluding hydrogens is 190 g/mol. The summed E-state index contributed by atoms with van der Waals surface area (Å²) in [7, 11) is 0. The lowest BCUT2D eigenvalue weighted by atomic mass is 10.3. The standard InChI is InChI=1S/C8H11NOS2/c1-7(10)3-2-5-11-8-9-4-6-12-8/h4,6H,2-3,5H2,1H3. The maximum atomic E-state index is 10.6. The molecule has 66 valence electrons. The van der Waals surface area contributed by atoms with Crippen LogP contribution in [0, 0.1) is 0 Å². The van der Waals surface area contributed by atoms with Gasteiger partial charge in [-0.1, -0.05) is 11.8 Å². The average Bonchev–Trinajstić information content (AvgIpc) is 2.49. The molecular formula is C8H11NOS2. The van der Waals surface area contributed by atoms with E-state index in [1.54, 1.807) is 36.2 Å². The number of thiazole rings is 1. The lowest BCUT2D eigenvalue weighted by Crippen LogP contribution is -1.90. The zero-order valence-electron chi connectivity index (χ0n) is 6.95. The van der Waals surface area contributed by atoms with Gasteiger partial charge in [0.2, 0.25) is 0 Å². The number of thioether (sulfide) groups is 1. The van der Waals surface area contributed by atoms with E-state index >= 15 is 0 Å². The lowest BCUT2D eigenvalue weighted by Gasteiger charge is -1.94. The SMILES string of the molecule is CC(=O)CCCSc1nccs1. The molecule has 0 N–H and O–H groups in total. The molecule has 1 aromatic rings. The summed E-state index contributed by atoms with van der Waals surface area (Å²) >= 11 is 3.37. The Labute approximate surface area is 80.4 Å². The van der Waals surface area contributed by atoms with Gasteiger partial charge in [0, 0.05) is 23.8 Å². The molecule has 0 aliphatic heterocycles. The predicted octanol–water partition coefficient (Wildman–Crippen LogP) is 2.60. The van der Waals surface area contributed by atoms with Crippen LogP contribution >= 0.6 is 23.1 Å². The Morgan fingerprint density at radius 3 is 3.17 bits per heavy atom. The summed E-state index contributed by atoms with van der Waals surface area (Å²) < 4.78 is 1.10. The van der Waals surface area contributed by atoms with Gasteiger partial charge in [-0.2, -0.15) is 0 Å². The van der Waals surface area contributed by atoms with E-state index in [1.807, 2.05) is 5.38 Å². The van der Waals surface area contributed by atoms with Gasteiger partial charge in [0.25, 0.3) is 0 Å². The smallest absolute Gasteiger partial charge is 0.149 e. The molecule has 0 amide bonds. The van der Waals surface area contributed by atoms with Crippen molar-refractivity contribution >= 4 is 28.9 Å². The number of ketones is 1. The molecule has 2 nitrogen and oxygen atoms in total. The quantitative estimate of drug-likeness (QED) is 0.542. The molecule has 0 aliphatic rings. The first kappa shape index (κ1) is 9.74. The lowest BCUT2D eigenvalue weighted by molar-refractivity contribution is -0.117. The minimum Gasteiger partial charge on any atom is -0.300 e. The van der Waals surface area contributed by atoms with Gasteiger partial charge in [-0.3, -0.25) is 0 Å². The van der Waals surface area contributed by atoms with Crippen molar-refractivity contribution in [1.29, 1.82) is 0 Å². The van der Waals surface area contributed by atoms with E-state index in [0.717, 1.165) is 16.5 Å². The molecule has 0 atom stereocenters. The minimum absolute atomic E-state index is 0.273. The first-order valence-electron chi connectivity index (χ1n) is 3.81. The number of aromatic nitrogens is 1. The molecule has 0 saturated carbocycles. The molecule has 0 aromatic carbocycles. The summed E-state index contributed by atoms with van der Waals surface area (Å²) in [4.78, 5) is 14.7. The van der Waals surface area contributed by atoms with Gasteiger partial charge in [0.1, 0.15) is 10.1 Å². The molecule has 0 spiro atoms. The van der Waals surface area contributed by atoms with Crippen LogP contribution in [0.5, 0.6) is 0 Å². The first-order valence-corrected chi connectivity index (χ1v) is 5.67. The second kappa shape index (κ2) is 5.32. The zero-order valence-corrected chi connectivity index (χ0v) is 8.58. The van der Waals surface area contributed by atoms with Crippen molar-refractivity contribution in [2.75, 3.05) is 5.75 Å². The third kappa shape index (κ3) is 3.88. The number of carbonyl (C=O) groups excluding carboxylic acids is 1. The highest BCUT2D eigenvalue weighted by Crippen LogP contribution is 2.20. The van der Waals surface area contributed by atoms with Crippen LogP contribution in [0.3, 0.4) is 0 Å². The highest BCUT2D eigenvalue weighted by Gasteiger charge is 1.97. The number of rotatable bonds is 5. The Bertz CT molecular complexity index is 233. The van der Waals surface area contributed by atoms with Crippen LogP contribution in [0.15, 0.2) is 15.9 Å². The van der Waals surface area contributed by atoms with Crippen LogP contribution in [0.2, 0.25) is 0 Å². The maximum Gasteiger partial charge on any atom is 0.149 e. The molecule has 4 heteroatoms. The molecule has 1 aromatic heterocycles. The van der Waals surface area contributed by atoms with Gasteiger partial charge in [-0.25, -0.2) is 4.98 Å². The second-order valence-corrected chi connectivity index (χ2v) is 4.69. The fourth-order valence-electron chi connectivity index (χ4n) is 0.762. The highest BCUT2D eigenvalue weighted by molar-refractivity contribution is 8.00. The predicted molar refractivity (Wildman–Crippen MR) is 52.8 cm³/mol. The third-order valence-corrected chi connectivity index (χ3v) is 3.36. The van der Waals surface area contributed by atoms with E-state index in [0.29, 0.717) is 6.42 Å². The van der Waals surface area contributed by atoms with Crippen LogP contribution in [-0.4, -0.2) is 16.5 Å². The van der Waals surface area contributed by atoms with E-state index in [1.165, 1.54) is 0 Å². The Morgan fingerprint density at radius 1 is 1.75 bits per heavy atom. The van der Waals surface area contributed by atoms with Crippen molar-refractivity contribution in [2.24, 2.45) is 0 Å². The zero-order chi connectivity index (χ0) is 8.81. The van der Waals surface area contributed by atoms with Crippen molar-refractivity contribution in [3.8, 4) is 0 Å². The number of hydrogen-bond acceptors (Lipinski definition) is 4. The first-order chi connectivity index (χ1) is 5.79. The van der Waals surface area contributed by atoms with Crippen LogP contribution in [0.25, 0.3) is 0 Å². The summed E-state index contributed by atoms with van der Waals surface area (Å²) in [6.45, 7) is 1.63. The van der Waals surface area contributed by atoms with Crippen LogP contribution in [0.1, 0.15) is 19.8 Å². The second-order valence-electron chi connectivity index (χ2n) is 2.45. The van der Waals surface area contributed by atoms with Crippen LogP contribution in [-0.2, 0) is 4.79 Å². The van der Waals surface area contributed by atoms with Gasteiger partial charge < -0.3 is 4.79 Å². The van der Waals surface area contributed by atoms with Crippen molar-refractivity contribution < 1.29 is 4.79 Å². The highest BCUT2D eigenvalue weighted by atomic mass is 32.2. The van der Waals surface area contributed by atoms with Gasteiger partial charge in [0.05, 0.1) is 0 Å². The van der Waals surface area contributed by atoms with Crippen molar-refractivity contribution in [3.63, 3.8) is 0 Å². The fraction of sp³-hybridized carbons (Fsp3) is 0.500. The number of nitrogens with zero attached hydrogens (tertiary/aromatic N) is 1. The molecule has 0 saturated heterocycles. The van der Waals surface area contributed by atoms with Crippen LogP contribution < -0.4 is 0 Å². The Balaban J connectivity index is 2.07. The largest absolute Gasteiger partial charge is 0.300 e.